The molecule has 4 nitrogen and oxygen atoms in total. The van der Waals surface area contributed by atoms with Gasteiger partial charge in [0.15, 0.2) is 0 Å². The Kier molecular flexibility index (Phi) is 3.62. The lowest BCUT2D eigenvalue weighted by Crippen LogP contribution is -2.38. The zero-order valence-electron chi connectivity index (χ0n) is 11.4. The third kappa shape index (κ3) is 2.55. The molecular weight excluding hydrogens is 240 g/mol. The van der Waals surface area contributed by atoms with Crippen molar-refractivity contribution < 1.29 is 9.84 Å². The van der Waals surface area contributed by atoms with Gasteiger partial charge in [0.05, 0.1) is 7.11 Å². The normalized spacial score (nSPS) is 26.6. The van der Waals surface area contributed by atoms with Gasteiger partial charge in [-0.15, -0.1) is 0 Å². The molecule has 2 aliphatic heterocycles. The topological polar surface area (TPSA) is 44.7 Å². The third-order valence-electron chi connectivity index (χ3n) is 4.45. The van der Waals surface area contributed by atoms with Crippen LogP contribution in [0.15, 0.2) is 18.2 Å². The summed E-state index contributed by atoms with van der Waals surface area (Å²) in [4.78, 5) is 2.59. The second kappa shape index (κ2) is 5.39. The average molecular weight is 262 g/mol. The van der Waals surface area contributed by atoms with E-state index in [0.717, 1.165) is 11.3 Å². The Labute approximate surface area is 114 Å². The molecule has 0 amide bonds. The number of nitrogens with zero attached hydrogens (tertiary/aromatic N) is 1. The molecule has 2 saturated heterocycles. The summed E-state index contributed by atoms with van der Waals surface area (Å²) in [5, 5.41) is 13.5. The van der Waals surface area contributed by atoms with Crippen LogP contribution in [-0.2, 0) is 6.54 Å². The molecule has 104 valence electrons. The van der Waals surface area contributed by atoms with Gasteiger partial charge in [-0.2, -0.15) is 0 Å². The minimum atomic E-state index is 0.342. The average Bonchev–Trinajstić information content (AvgIpc) is 3.01. The van der Waals surface area contributed by atoms with E-state index in [1.165, 1.54) is 32.4 Å². The molecule has 0 radical (unpaired) electrons. The van der Waals surface area contributed by atoms with E-state index in [-0.39, 0.29) is 0 Å². The predicted octanol–water partition coefficient (Wildman–Crippen LogP) is 1.73. The van der Waals surface area contributed by atoms with Gasteiger partial charge in [-0.1, -0.05) is 0 Å². The smallest absolute Gasteiger partial charge is 0.120 e. The summed E-state index contributed by atoms with van der Waals surface area (Å²) >= 11 is 0. The number of phenols is 1. The Bertz CT molecular complexity index is 450. The summed E-state index contributed by atoms with van der Waals surface area (Å²) in [5.74, 6) is 1.14. The molecular formula is C15H22N2O2. The van der Waals surface area contributed by atoms with Crippen molar-refractivity contribution in [1.29, 1.82) is 0 Å². The minimum absolute atomic E-state index is 0.342. The lowest BCUT2D eigenvalue weighted by atomic mass is 10.1. The molecule has 1 aromatic carbocycles. The van der Waals surface area contributed by atoms with E-state index in [1.807, 2.05) is 6.07 Å². The van der Waals surface area contributed by atoms with E-state index in [1.54, 1.807) is 19.2 Å². The number of fused-ring (bicyclic) bond motifs is 1. The van der Waals surface area contributed by atoms with Crippen LogP contribution in [0, 0.1) is 0 Å². The van der Waals surface area contributed by atoms with Crippen LogP contribution in [0.4, 0.5) is 0 Å². The highest BCUT2D eigenvalue weighted by Crippen LogP contribution is 2.29. The van der Waals surface area contributed by atoms with Crippen molar-refractivity contribution >= 4 is 0 Å². The number of nitrogens with one attached hydrogen (secondary N) is 1. The van der Waals surface area contributed by atoms with Crippen molar-refractivity contribution in [2.75, 3.05) is 20.2 Å². The fourth-order valence-electron chi connectivity index (χ4n) is 3.39. The van der Waals surface area contributed by atoms with E-state index in [9.17, 15) is 5.11 Å². The highest BCUT2D eigenvalue weighted by Gasteiger charge is 2.36. The van der Waals surface area contributed by atoms with Crippen LogP contribution >= 0.6 is 0 Å². The van der Waals surface area contributed by atoms with E-state index in [2.05, 4.69) is 10.2 Å². The first-order chi connectivity index (χ1) is 9.28. The number of ether oxygens (including phenoxy) is 1. The van der Waals surface area contributed by atoms with Crippen LogP contribution in [-0.4, -0.2) is 42.3 Å². The zero-order chi connectivity index (χ0) is 13.2. The molecule has 2 N–H and O–H groups in total. The van der Waals surface area contributed by atoms with E-state index < -0.39 is 0 Å². The van der Waals surface area contributed by atoms with Crippen LogP contribution in [0.3, 0.4) is 0 Å². The van der Waals surface area contributed by atoms with Gasteiger partial charge < -0.3 is 15.2 Å². The summed E-state index contributed by atoms with van der Waals surface area (Å²) in [6.07, 6.45) is 3.85. The van der Waals surface area contributed by atoms with Crippen molar-refractivity contribution in [1.82, 2.24) is 10.2 Å². The van der Waals surface area contributed by atoms with Crippen LogP contribution in [0.1, 0.15) is 24.8 Å². The molecule has 19 heavy (non-hydrogen) atoms. The Morgan fingerprint density at radius 1 is 1.37 bits per heavy atom. The van der Waals surface area contributed by atoms with Crippen molar-refractivity contribution in [3.63, 3.8) is 0 Å². The van der Waals surface area contributed by atoms with Gasteiger partial charge >= 0.3 is 0 Å². The summed E-state index contributed by atoms with van der Waals surface area (Å²) in [6.45, 7) is 3.18. The molecule has 1 aromatic rings. The van der Waals surface area contributed by atoms with Crippen molar-refractivity contribution in [3.05, 3.63) is 23.8 Å². The Hall–Kier alpha value is -1.26. The maximum absolute atomic E-state index is 9.89. The van der Waals surface area contributed by atoms with Gasteiger partial charge in [-0.3, -0.25) is 4.90 Å². The molecule has 2 unspecified atom stereocenters. The third-order valence-corrected chi connectivity index (χ3v) is 4.45. The number of hydrogen-bond donors (Lipinski definition) is 2. The number of aromatic hydroxyl groups is 1. The molecule has 0 spiro atoms. The number of rotatable bonds is 4. The number of methoxy groups -OCH3 is 1. The van der Waals surface area contributed by atoms with Crippen LogP contribution in [0.5, 0.6) is 11.5 Å². The van der Waals surface area contributed by atoms with Gasteiger partial charge in [0.25, 0.3) is 0 Å². The fourth-order valence-corrected chi connectivity index (χ4v) is 3.39. The lowest BCUT2D eigenvalue weighted by molar-refractivity contribution is 0.298. The highest BCUT2D eigenvalue weighted by molar-refractivity contribution is 5.39. The quantitative estimate of drug-likeness (QED) is 0.867. The first-order valence-corrected chi connectivity index (χ1v) is 7.11. The fraction of sp³-hybridized carbons (Fsp3) is 0.600. The van der Waals surface area contributed by atoms with E-state index >= 15 is 0 Å². The van der Waals surface area contributed by atoms with Crippen LogP contribution in [0.2, 0.25) is 0 Å². The Balaban J connectivity index is 1.63. The maximum Gasteiger partial charge on any atom is 0.120 e. The van der Waals surface area contributed by atoms with Gasteiger partial charge in [-0.25, -0.2) is 0 Å². The predicted molar refractivity (Wildman–Crippen MR) is 74.5 cm³/mol. The molecule has 2 aliphatic rings. The van der Waals surface area contributed by atoms with Gasteiger partial charge in [0, 0.05) is 30.7 Å². The second-order valence-corrected chi connectivity index (χ2v) is 5.52. The highest BCUT2D eigenvalue weighted by atomic mass is 16.5. The monoisotopic (exact) mass is 262 g/mol. The first-order valence-electron chi connectivity index (χ1n) is 7.11. The Morgan fingerprint density at radius 3 is 3.11 bits per heavy atom. The van der Waals surface area contributed by atoms with Crippen LogP contribution in [0.25, 0.3) is 0 Å². The molecule has 2 atom stereocenters. The first kappa shape index (κ1) is 12.8. The molecule has 2 fully saturated rings. The zero-order valence-corrected chi connectivity index (χ0v) is 11.4. The number of hydrogen-bond acceptors (Lipinski definition) is 4. The van der Waals surface area contributed by atoms with Crippen molar-refractivity contribution in [3.8, 4) is 11.5 Å². The summed E-state index contributed by atoms with van der Waals surface area (Å²) < 4.78 is 5.20. The van der Waals surface area contributed by atoms with Gasteiger partial charge in [0.2, 0.25) is 0 Å². The molecule has 2 heterocycles. The lowest BCUT2D eigenvalue weighted by Gasteiger charge is -2.21. The van der Waals surface area contributed by atoms with E-state index in [0.29, 0.717) is 24.4 Å². The molecule has 0 bridgehead atoms. The largest absolute Gasteiger partial charge is 0.508 e. The summed E-state index contributed by atoms with van der Waals surface area (Å²) in [6, 6.07) is 6.66. The summed E-state index contributed by atoms with van der Waals surface area (Å²) in [5.41, 5.74) is 0.913. The van der Waals surface area contributed by atoms with Gasteiger partial charge in [0.1, 0.15) is 11.5 Å². The number of phenolic OH excluding ortho intramolecular Hbond substituents is 1. The number of benzene rings is 1. The SMILES string of the molecule is COc1ccc(O)c(CNC2CCN3CCCC23)c1. The molecule has 4 heteroatoms. The molecule has 0 aliphatic carbocycles. The molecule has 3 rings (SSSR count). The van der Waals surface area contributed by atoms with E-state index in [4.69, 9.17) is 4.74 Å². The van der Waals surface area contributed by atoms with Crippen molar-refractivity contribution in [2.24, 2.45) is 0 Å². The Morgan fingerprint density at radius 2 is 2.26 bits per heavy atom. The minimum Gasteiger partial charge on any atom is -0.508 e. The molecule has 0 saturated carbocycles. The molecule has 0 aromatic heterocycles. The van der Waals surface area contributed by atoms with Crippen LogP contribution < -0.4 is 10.1 Å². The van der Waals surface area contributed by atoms with Gasteiger partial charge in [-0.05, 0) is 44.0 Å². The van der Waals surface area contributed by atoms with Crippen molar-refractivity contribution in [2.45, 2.75) is 37.9 Å². The maximum atomic E-state index is 9.89. The standard InChI is InChI=1S/C15H22N2O2/c1-19-12-4-5-15(18)11(9-12)10-16-13-6-8-17-7-2-3-14(13)17/h4-5,9,13-14,16,18H,2-3,6-8,10H2,1H3. The second-order valence-electron chi connectivity index (χ2n) is 5.52. The summed E-state index contributed by atoms with van der Waals surface area (Å²) in [7, 11) is 1.65.